The summed E-state index contributed by atoms with van der Waals surface area (Å²) in [4.78, 5) is 38.0. The fourth-order valence-corrected chi connectivity index (χ4v) is 7.14. The molecule has 0 rings (SSSR count). The van der Waals surface area contributed by atoms with Crippen LogP contribution < -0.4 is 0 Å². The molecule has 6 heteroatoms. The van der Waals surface area contributed by atoms with Gasteiger partial charge in [0.25, 0.3) is 0 Å². The Morgan fingerprint density at radius 1 is 0.313 bits per heavy atom. The number of esters is 3. The van der Waals surface area contributed by atoms with Gasteiger partial charge in [0.1, 0.15) is 13.2 Å². The predicted octanol–water partition coefficient (Wildman–Crippen LogP) is 18.3. The highest BCUT2D eigenvalue weighted by Gasteiger charge is 2.19. The Morgan fingerprint density at radius 2 is 0.612 bits per heavy atom. The molecule has 0 fully saturated rings. The van der Waals surface area contributed by atoms with E-state index in [1.54, 1.807) is 0 Å². The van der Waals surface area contributed by atoms with E-state index < -0.39 is 6.10 Å². The van der Waals surface area contributed by atoms with Crippen molar-refractivity contribution in [3.63, 3.8) is 0 Å². The Labute approximate surface area is 412 Å². The van der Waals surface area contributed by atoms with Crippen molar-refractivity contribution < 1.29 is 28.6 Å². The third kappa shape index (κ3) is 52.9. The van der Waals surface area contributed by atoms with Gasteiger partial charge in [0.2, 0.25) is 0 Å². The van der Waals surface area contributed by atoms with Crippen molar-refractivity contribution in [2.45, 2.75) is 245 Å². The second-order valence-corrected chi connectivity index (χ2v) is 17.7. The number of hydrogen-bond donors (Lipinski definition) is 0. The van der Waals surface area contributed by atoms with Crippen molar-refractivity contribution in [2.24, 2.45) is 0 Å². The number of hydrogen-bond acceptors (Lipinski definition) is 6. The Balaban J connectivity index is 4.52. The summed E-state index contributed by atoms with van der Waals surface area (Å²) in [6, 6.07) is 0. The minimum atomic E-state index is -0.818. The molecule has 0 radical (unpaired) electrons. The molecule has 0 aliphatic rings. The van der Waals surface area contributed by atoms with Crippen LogP contribution >= 0.6 is 0 Å². The molecule has 6 nitrogen and oxygen atoms in total. The van der Waals surface area contributed by atoms with E-state index in [2.05, 4.69) is 124 Å². The number of carbonyl (C=O) groups is 3. The molecule has 0 amide bonds. The van der Waals surface area contributed by atoms with Crippen LogP contribution in [0.2, 0.25) is 0 Å². The molecule has 1 atom stereocenters. The topological polar surface area (TPSA) is 78.9 Å². The van der Waals surface area contributed by atoms with Crippen LogP contribution in [0.5, 0.6) is 0 Å². The molecule has 67 heavy (non-hydrogen) atoms. The fraction of sp³-hybridized carbons (Fsp3) is 0.656. The second-order valence-electron chi connectivity index (χ2n) is 17.7. The third-order valence-electron chi connectivity index (χ3n) is 11.2. The molecule has 0 aliphatic heterocycles. The van der Waals surface area contributed by atoms with Crippen molar-refractivity contribution in [2.75, 3.05) is 13.2 Å². The van der Waals surface area contributed by atoms with Gasteiger partial charge < -0.3 is 14.2 Å². The van der Waals surface area contributed by atoms with E-state index in [4.69, 9.17) is 14.2 Å². The maximum Gasteiger partial charge on any atom is 0.306 e. The first-order valence-corrected chi connectivity index (χ1v) is 27.4. The molecule has 1 unspecified atom stereocenters. The highest BCUT2D eigenvalue weighted by atomic mass is 16.6. The number of allylic oxidation sites excluding steroid dienone is 18. The summed E-state index contributed by atoms with van der Waals surface area (Å²) < 4.78 is 16.7. The molecule has 380 valence electrons. The number of ether oxygens (including phenoxy) is 3. The SMILES string of the molecule is CC/C=C\C/C=C\C/C=C\C/C=C\C/C=C\C/C=C\CCC(=O)OCC(COC(=O)CCCCCCC/C=C\CCCCC)OC(=O)CCCCCCCCC/C=C\C/C=C\CCCCCC. The summed E-state index contributed by atoms with van der Waals surface area (Å²) in [6.45, 7) is 6.40. The standard InChI is InChI=1S/C61H100O6/c1-4-7-10-13-16-19-22-25-27-29-31-33-34-36-39-42-45-48-51-54-60(63)66-57-58(56-65-59(62)53-50-47-44-41-38-24-21-18-15-12-9-6-3)67-61(64)55-52-49-46-43-40-37-35-32-30-28-26-23-20-17-14-11-8-5-2/h7,10,16,18-21,23,25,27-28,30-31,33,36,39,45,48,58H,4-6,8-9,11-15,17,22,24,26,29,32,34-35,37-38,40-44,46-47,49-57H2,1-3H3/b10-7-,19-16-,21-18-,23-20-,27-25-,30-28-,33-31-,39-36-,48-45-. The maximum absolute atomic E-state index is 12.8. The Morgan fingerprint density at radius 3 is 1.04 bits per heavy atom. The van der Waals surface area contributed by atoms with Gasteiger partial charge in [-0.15, -0.1) is 0 Å². The predicted molar refractivity (Wildman–Crippen MR) is 288 cm³/mol. The van der Waals surface area contributed by atoms with Gasteiger partial charge in [0.15, 0.2) is 6.10 Å². The van der Waals surface area contributed by atoms with Gasteiger partial charge in [-0.1, -0.05) is 214 Å². The van der Waals surface area contributed by atoms with Crippen LogP contribution in [0.15, 0.2) is 109 Å². The van der Waals surface area contributed by atoms with Gasteiger partial charge in [-0.2, -0.15) is 0 Å². The third-order valence-corrected chi connectivity index (χ3v) is 11.2. The van der Waals surface area contributed by atoms with Crippen LogP contribution in [0.4, 0.5) is 0 Å². The van der Waals surface area contributed by atoms with Gasteiger partial charge in [0, 0.05) is 19.3 Å². The minimum absolute atomic E-state index is 0.111. The lowest BCUT2D eigenvalue weighted by molar-refractivity contribution is -0.166. The average molecular weight is 929 g/mol. The number of carbonyl (C=O) groups excluding carboxylic acids is 3. The Bertz CT molecular complexity index is 1390. The van der Waals surface area contributed by atoms with Gasteiger partial charge in [-0.25, -0.2) is 0 Å². The lowest BCUT2D eigenvalue weighted by atomic mass is 10.1. The highest BCUT2D eigenvalue weighted by Crippen LogP contribution is 2.13. The van der Waals surface area contributed by atoms with Crippen molar-refractivity contribution in [3.05, 3.63) is 109 Å². The van der Waals surface area contributed by atoms with E-state index in [1.807, 2.05) is 6.08 Å². The molecular formula is C61H100O6. The monoisotopic (exact) mass is 929 g/mol. The van der Waals surface area contributed by atoms with Gasteiger partial charge in [-0.05, 0) is 116 Å². The molecule has 0 aromatic rings. The fourth-order valence-electron chi connectivity index (χ4n) is 7.14. The van der Waals surface area contributed by atoms with Crippen LogP contribution in [0, 0.1) is 0 Å². The van der Waals surface area contributed by atoms with Crippen LogP contribution in [0.25, 0.3) is 0 Å². The molecule has 0 aromatic carbocycles. The molecule has 0 aromatic heterocycles. The first kappa shape index (κ1) is 63.1. The van der Waals surface area contributed by atoms with E-state index in [9.17, 15) is 14.4 Å². The van der Waals surface area contributed by atoms with E-state index in [0.717, 1.165) is 103 Å². The number of unbranched alkanes of at least 4 members (excludes halogenated alkanes) is 19. The van der Waals surface area contributed by atoms with Gasteiger partial charge >= 0.3 is 17.9 Å². The molecule has 0 bridgehead atoms. The minimum Gasteiger partial charge on any atom is -0.462 e. The van der Waals surface area contributed by atoms with Crippen LogP contribution in [0.3, 0.4) is 0 Å². The summed E-state index contributed by atoms with van der Waals surface area (Å²) in [7, 11) is 0. The van der Waals surface area contributed by atoms with Crippen LogP contribution in [-0.4, -0.2) is 37.2 Å². The quantitative estimate of drug-likeness (QED) is 0.0262. The maximum atomic E-state index is 12.8. The normalized spacial score (nSPS) is 12.9. The molecule has 0 N–H and O–H groups in total. The molecular weight excluding hydrogens is 829 g/mol. The van der Waals surface area contributed by atoms with E-state index in [0.29, 0.717) is 19.3 Å². The van der Waals surface area contributed by atoms with E-state index in [-0.39, 0.29) is 37.5 Å². The van der Waals surface area contributed by atoms with Crippen LogP contribution in [0.1, 0.15) is 239 Å². The Hall–Kier alpha value is -3.93. The Kier molecular flexibility index (Phi) is 51.5. The second kappa shape index (κ2) is 54.7. The van der Waals surface area contributed by atoms with E-state index in [1.165, 1.54) is 89.9 Å². The highest BCUT2D eigenvalue weighted by molar-refractivity contribution is 5.71. The summed E-state index contributed by atoms with van der Waals surface area (Å²) >= 11 is 0. The molecule has 0 spiro atoms. The lowest BCUT2D eigenvalue weighted by Crippen LogP contribution is -2.30. The zero-order chi connectivity index (χ0) is 48.6. The number of rotatable bonds is 48. The van der Waals surface area contributed by atoms with Crippen LogP contribution in [-0.2, 0) is 28.6 Å². The van der Waals surface area contributed by atoms with Crippen molar-refractivity contribution in [3.8, 4) is 0 Å². The summed E-state index contributed by atoms with van der Waals surface area (Å²) in [5.74, 6) is -1.02. The summed E-state index contributed by atoms with van der Waals surface area (Å²) in [6.07, 6.45) is 73.7. The first-order chi connectivity index (χ1) is 33.0. The van der Waals surface area contributed by atoms with Gasteiger partial charge in [-0.3, -0.25) is 14.4 Å². The zero-order valence-electron chi connectivity index (χ0n) is 43.4. The van der Waals surface area contributed by atoms with Crippen molar-refractivity contribution in [1.82, 2.24) is 0 Å². The zero-order valence-corrected chi connectivity index (χ0v) is 43.4. The lowest BCUT2D eigenvalue weighted by Gasteiger charge is -2.18. The molecule has 0 heterocycles. The smallest absolute Gasteiger partial charge is 0.306 e. The molecule has 0 aliphatic carbocycles. The summed E-state index contributed by atoms with van der Waals surface area (Å²) in [5.41, 5.74) is 0. The average Bonchev–Trinajstić information content (AvgIpc) is 3.33. The van der Waals surface area contributed by atoms with Crippen molar-refractivity contribution in [1.29, 1.82) is 0 Å². The van der Waals surface area contributed by atoms with Crippen molar-refractivity contribution >= 4 is 17.9 Å². The summed E-state index contributed by atoms with van der Waals surface area (Å²) in [5, 5.41) is 0. The largest absolute Gasteiger partial charge is 0.462 e. The van der Waals surface area contributed by atoms with E-state index >= 15 is 0 Å². The molecule has 0 saturated heterocycles. The van der Waals surface area contributed by atoms with Gasteiger partial charge in [0.05, 0.1) is 0 Å². The molecule has 0 saturated carbocycles. The first-order valence-electron chi connectivity index (χ1n) is 27.4.